The summed E-state index contributed by atoms with van der Waals surface area (Å²) in [7, 11) is 1.48. The average Bonchev–Trinajstić information content (AvgIpc) is 3.16. The van der Waals surface area contributed by atoms with Crippen molar-refractivity contribution in [3.05, 3.63) is 59.5 Å². The molecule has 0 aliphatic carbocycles. The predicted molar refractivity (Wildman–Crippen MR) is 109 cm³/mol. The number of nitrogens with zero attached hydrogens (tertiary/aromatic N) is 2. The van der Waals surface area contributed by atoms with Crippen molar-refractivity contribution in [1.82, 2.24) is 9.38 Å². The molecule has 8 heteroatoms. The number of amides is 1. The molecular weight excluding hydrogens is 392 g/mol. The summed E-state index contributed by atoms with van der Waals surface area (Å²) >= 11 is 0. The highest BCUT2D eigenvalue weighted by Crippen LogP contribution is 2.30. The second kappa shape index (κ2) is 8.02. The smallest absolute Gasteiger partial charge is 0.270 e. The minimum Gasteiger partial charge on any atom is -0.496 e. The molecule has 1 aliphatic heterocycles. The molecule has 0 unspecified atom stereocenters. The number of nitrogens with one attached hydrogen (secondary N) is 1. The van der Waals surface area contributed by atoms with Crippen molar-refractivity contribution >= 4 is 17.2 Å². The first-order valence-corrected chi connectivity index (χ1v) is 9.79. The van der Waals surface area contributed by atoms with Crippen molar-refractivity contribution < 1.29 is 23.0 Å². The number of methoxy groups -OCH3 is 1. The molecule has 0 saturated carbocycles. The number of aromatic nitrogens is 2. The standard InChI is InChI=1S/C22H23F2N3O3/c1-22(23,24)15-4-3-5-16(10-15)25-21(28)17-12-27-13-18(14-6-8-30-9-7-14)26-20(27)11-19(17)29-2/h3-5,10-14H,6-9H2,1-2H3,(H,25,28). The van der Waals surface area contributed by atoms with E-state index in [4.69, 9.17) is 9.47 Å². The summed E-state index contributed by atoms with van der Waals surface area (Å²) in [5.41, 5.74) is 2.04. The van der Waals surface area contributed by atoms with Crippen LogP contribution in [0.25, 0.3) is 5.65 Å². The molecular formula is C22H23F2N3O3. The number of halogens is 2. The minimum absolute atomic E-state index is 0.168. The molecule has 0 radical (unpaired) electrons. The Morgan fingerprint density at radius 1 is 1.27 bits per heavy atom. The number of hydrogen-bond donors (Lipinski definition) is 1. The lowest BCUT2D eigenvalue weighted by molar-refractivity contribution is 0.0175. The van der Waals surface area contributed by atoms with E-state index in [0.29, 0.717) is 30.5 Å². The van der Waals surface area contributed by atoms with Crippen LogP contribution in [0.5, 0.6) is 5.75 Å². The number of anilines is 1. The molecule has 1 aromatic carbocycles. The second-order valence-corrected chi connectivity index (χ2v) is 7.50. The molecule has 4 rings (SSSR count). The maximum atomic E-state index is 13.6. The zero-order valence-corrected chi connectivity index (χ0v) is 16.8. The quantitative estimate of drug-likeness (QED) is 0.661. The molecule has 1 N–H and O–H groups in total. The van der Waals surface area contributed by atoms with Crippen LogP contribution in [0, 0.1) is 0 Å². The van der Waals surface area contributed by atoms with Crippen LogP contribution in [0.4, 0.5) is 14.5 Å². The van der Waals surface area contributed by atoms with Crippen molar-refractivity contribution in [2.24, 2.45) is 0 Å². The highest BCUT2D eigenvalue weighted by Gasteiger charge is 2.25. The molecule has 6 nitrogen and oxygen atoms in total. The second-order valence-electron chi connectivity index (χ2n) is 7.50. The number of rotatable bonds is 5. The molecule has 1 saturated heterocycles. The van der Waals surface area contributed by atoms with E-state index >= 15 is 0 Å². The molecule has 158 valence electrons. The van der Waals surface area contributed by atoms with Crippen LogP contribution in [-0.2, 0) is 10.7 Å². The molecule has 0 bridgehead atoms. The predicted octanol–water partition coefficient (Wildman–Crippen LogP) is 4.60. The fourth-order valence-electron chi connectivity index (χ4n) is 3.63. The Balaban J connectivity index is 1.63. The third kappa shape index (κ3) is 4.14. The lowest BCUT2D eigenvalue weighted by atomic mass is 9.97. The maximum absolute atomic E-state index is 13.6. The SMILES string of the molecule is COc1cc2nc(C3CCOCC3)cn2cc1C(=O)Nc1cccc(C(C)(F)F)c1. The first-order valence-electron chi connectivity index (χ1n) is 9.79. The number of carbonyl (C=O) groups is 1. The van der Waals surface area contributed by atoms with E-state index in [1.165, 1.54) is 25.3 Å². The molecule has 30 heavy (non-hydrogen) atoms. The lowest BCUT2D eigenvalue weighted by Gasteiger charge is -2.19. The fraction of sp³-hybridized carbons (Fsp3) is 0.364. The van der Waals surface area contributed by atoms with Gasteiger partial charge in [0.25, 0.3) is 11.8 Å². The van der Waals surface area contributed by atoms with E-state index in [-0.39, 0.29) is 16.8 Å². The van der Waals surface area contributed by atoms with Gasteiger partial charge >= 0.3 is 0 Å². The Morgan fingerprint density at radius 2 is 2.03 bits per heavy atom. The largest absolute Gasteiger partial charge is 0.496 e. The van der Waals surface area contributed by atoms with Crippen LogP contribution in [0.1, 0.15) is 47.3 Å². The van der Waals surface area contributed by atoms with Gasteiger partial charge in [0, 0.05) is 55.8 Å². The summed E-state index contributed by atoms with van der Waals surface area (Å²) in [6.07, 6.45) is 5.39. The topological polar surface area (TPSA) is 64.9 Å². The van der Waals surface area contributed by atoms with Gasteiger partial charge in [0.2, 0.25) is 0 Å². The summed E-state index contributed by atoms with van der Waals surface area (Å²) in [6.45, 7) is 2.25. The molecule has 2 aromatic heterocycles. The Labute approximate surface area is 172 Å². The summed E-state index contributed by atoms with van der Waals surface area (Å²) in [6, 6.07) is 7.35. The van der Waals surface area contributed by atoms with Crippen molar-refractivity contribution in [3.63, 3.8) is 0 Å². The Bertz CT molecular complexity index is 1070. The lowest BCUT2D eigenvalue weighted by Crippen LogP contribution is -2.15. The zero-order chi connectivity index (χ0) is 21.3. The number of fused-ring (bicyclic) bond motifs is 1. The third-order valence-electron chi connectivity index (χ3n) is 5.30. The Hall–Kier alpha value is -3.00. The van der Waals surface area contributed by atoms with Gasteiger partial charge in [-0.25, -0.2) is 13.8 Å². The number of imidazole rings is 1. The normalized spacial score (nSPS) is 15.3. The summed E-state index contributed by atoms with van der Waals surface area (Å²) in [5.74, 6) is -2.76. The van der Waals surface area contributed by atoms with Crippen molar-refractivity contribution in [2.45, 2.75) is 31.6 Å². The summed E-state index contributed by atoms with van der Waals surface area (Å²) in [4.78, 5) is 17.6. The van der Waals surface area contributed by atoms with E-state index in [2.05, 4.69) is 10.3 Å². The van der Waals surface area contributed by atoms with E-state index < -0.39 is 11.8 Å². The van der Waals surface area contributed by atoms with Gasteiger partial charge in [0.1, 0.15) is 11.4 Å². The highest BCUT2D eigenvalue weighted by atomic mass is 19.3. The first-order chi connectivity index (χ1) is 14.3. The number of hydrogen-bond acceptors (Lipinski definition) is 4. The number of carbonyl (C=O) groups excluding carboxylic acids is 1. The average molecular weight is 415 g/mol. The number of benzene rings is 1. The minimum atomic E-state index is -2.99. The van der Waals surface area contributed by atoms with Crippen LogP contribution in [0.2, 0.25) is 0 Å². The number of alkyl halides is 2. The molecule has 3 heterocycles. The molecule has 3 aromatic rings. The molecule has 1 aliphatic rings. The maximum Gasteiger partial charge on any atom is 0.270 e. The van der Waals surface area contributed by atoms with E-state index in [0.717, 1.165) is 25.5 Å². The van der Waals surface area contributed by atoms with Crippen LogP contribution >= 0.6 is 0 Å². The summed E-state index contributed by atoms with van der Waals surface area (Å²) in [5, 5.41) is 2.68. The van der Waals surface area contributed by atoms with Gasteiger partial charge in [0.05, 0.1) is 18.4 Å². The zero-order valence-electron chi connectivity index (χ0n) is 16.8. The number of ether oxygens (including phenoxy) is 2. The van der Waals surface area contributed by atoms with Crippen molar-refractivity contribution in [1.29, 1.82) is 0 Å². The van der Waals surface area contributed by atoms with Gasteiger partial charge in [-0.1, -0.05) is 12.1 Å². The van der Waals surface area contributed by atoms with E-state index in [1.807, 2.05) is 6.20 Å². The molecule has 0 atom stereocenters. The van der Waals surface area contributed by atoms with Crippen molar-refractivity contribution in [2.75, 3.05) is 25.6 Å². The number of pyridine rings is 1. The Morgan fingerprint density at radius 3 is 2.73 bits per heavy atom. The monoisotopic (exact) mass is 415 g/mol. The van der Waals surface area contributed by atoms with Crippen LogP contribution in [-0.4, -0.2) is 35.6 Å². The van der Waals surface area contributed by atoms with Gasteiger partial charge in [-0.3, -0.25) is 4.79 Å². The van der Waals surface area contributed by atoms with E-state index in [9.17, 15) is 13.6 Å². The molecule has 1 fully saturated rings. The van der Waals surface area contributed by atoms with Crippen LogP contribution in [0.15, 0.2) is 42.7 Å². The molecule has 0 spiro atoms. The first kappa shape index (κ1) is 20.3. The van der Waals surface area contributed by atoms with Crippen LogP contribution in [0.3, 0.4) is 0 Å². The van der Waals surface area contributed by atoms with Crippen molar-refractivity contribution in [3.8, 4) is 5.75 Å². The van der Waals surface area contributed by atoms with E-state index in [1.54, 1.807) is 22.7 Å². The van der Waals surface area contributed by atoms with Gasteiger partial charge in [-0.05, 0) is 25.0 Å². The fourth-order valence-corrected chi connectivity index (χ4v) is 3.63. The molecule has 1 amide bonds. The van der Waals surface area contributed by atoms with Gasteiger partial charge in [-0.2, -0.15) is 0 Å². The summed E-state index contributed by atoms with van der Waals surface area (Å²) < 4.78 is 39.8. The van der Waals surface area contributed by atoms with Crippen LogP contribution < -0.4 is 10.1 Å². The highest BCUT2D eigenvalue weighted by molar-refractivity contribution is 6.06. The van der Waals surface area contributed by atoms with Gasteiger partial charge < -0.3 is 19.2 Å². The van der Waals surface area contributed by atoms with Gasteiger partial charge in [0.15, 0.2) is 0 Å². The third-order valence-corrected chi connectivity index (χ3v) is 5.30. The Kier molecular flexibility index (Phi) is 5.42. The van der Waals surface area contributed by atoms with Gasteiger partial charge in [-0.15, -0.1) is 0 Å².